The molecule has 1 N–H and O–H groups in total. The lowest BCUT2D eigenvalue weighted by atomic mass is 10.1. The van der Waals surface area contributed by atoms with Gasteiger partial charge in [-0.05, 0) is 56.0 Å². The van der Waals surface area contributed by atoms with E-state index in [9.17, 15) is 13.2 Å². The number of sulfonamides is 1. The second kappa shape index (κ2) is 8.75. The van der Waals surface area contributed by atoms with Crippen LogP contribution in [0.2, 0.25) is 0 Å². The highest BCUT2D eigenvalue weighted by atomic mass is 32.2. The lowest BCUT2D eigenvalue weighted by Gasteiger charge is -2.26. The lowest BCUT2D eigenvalue weighted by Crippen LogP contribution is -2.43. The molecular weight excluding hydrogens is 376 g/mol. The van der Waals surface area contributed by atoms with E-state index in [-0.39, 0.29) is 23.5 Å². The highest BCUT2D eigenvalue weighted by Gasteiger charge is 2.28. The van der Waals surface area contributed by atoms with Gasteiger partial charge in [0.15, 0.2) is 0 Å². The van der Waals surface area contributed by atoms with Crippen LogP contribution in [0.15, 0.2) is 53.4 Å². The minimum atomic E-state index is -3.88. The van der Waals surface area contributed by atoms with Crippen LogP contribution in [-0.2, 0) is 19.6 Å². The molecule has 28 heavy (non-hydrogen) atoms. The summed E-state index contributed by atoms with van der Waals surface area (Å²) in [5.41, 5.74) is 2.22. The quantitative estimate of drug-likeness (QED) is 0.773. The number of benzene rings is 2. The van der Waals surface area contributed by atoms with Crippen molar-refractivity contribution in [2.24, 2.45) is 0 Å². The molecule has 0 saturated carbocycles. The predicted octanol–water partition coefficient (Wildman–Crippen LogP) is 2.79. The molecule has 3 rings (SSSR count). The molecule has 1 aliphatic rings. The molecule has 0 aromatic heterocycles. The van der Waals surface area contributed by atoms with Gasteiger partial charge < -0.3 is 10.1 Å². The van der Waals surface area contributed by atoms with E-state index in [0.29, 0.717) is 18.8 Å². The van der Waals surface area contributed by atoms with Crippen molar-refractivity contribution >= 4 is 21.6 Å². The van der Waals surface area contributed by atoms with Crippen molar-refractivity contribution in [2.75, 3.05) is 24.0 Å². The second-order valence-electron chi connectivity index (χ2n) is 7.05. The predicted molar refractivity (Wildman–Crippen MR) is 109 cm³/mol. The molecule has 6 nitrogen and oxygen atoms in total. The van der Waals surface area contributed by atoms with Crippen molar-refractivity contribution in [3.05, 3.63) is 59.7 Å². The fourth-order valence-electron chi connectivity index (χ4n) is 3.23. The molecule has 1 atom stereocenters. The van der Waals surface area contributed by atoms with E-state index in [2.05, 4.69) is 5.32 Å². The number of carbonyl (C=O) groups is 1. The number of rotatable bonds is 7. The van der Waals surface area contributed by atoms with E-state index < -0.39 is 10.0 Å². The van der Waals surface area contributed by atoms with Crippen LogP contribution in [0.1, 0.15) is 24.0 Å². The van der Waals surface area contributed by atoms with E-state index in [4.69, 9.17) is 4.74 Å². The standard InChI is InChI=1S/C21H26N2O4S/c1-16-10-11-17(2)20(13-16)23(28(25,26)19-8-4-3-5-9-19)15-21(24)22-14-18-7-6-12-27-18/h3-5,8-11,13,18H,6-7,12,14-15H2,1-2H3,(H,22,24). The molecule has 0 radical (unpaired) electrons. The Morgan fingerprint density at radius 2 is 1.93 bits per heavy atom. The van der Waals surface area contributed by atoms with Gasteiger partial charge in [0, 0.05) is 13.2 Å². The van der Waals surface area contributed by atoms with Crippen LogP contribution in [0.5, 0.6) is 0 Å². The number of amides is 1. The summed E-state index contributed by atoms with van der Waals surface area (Å²) >= 11 is 0. The number of hydrogen-bond donors (Lipinski definition) is 1. The van der Waals surface area contributed by atoms with Gasteiger partial charge in [0.2, 0.25) is 5.91 Å². The molecule has 1 unspecified atom stereocenters. The third kappa shape index (κ3) is 4.72. The van der Waals surface area contributed by atoms with Crippen LogP contribution >= 0.6 is 0 Å². The van der Waals surface area contributed by atoms with Gasteiger partial charge in [-0.15, -0.1) is 0 Å². The van der Waals surface area contributed by atoms with Gasteiger partial charge >= 0.3 is 0 Å². The topological polar surface area (TPSA) is 75.7 Å². The van der Waals surface area contributed by atoms with Gasteiger partial charge in [0.1, 0.15) is 6.54 Å². The molecule has 150 valence electrons. The van der Waals surface area contributed by atoms with Crippen LogP contribution in [0.4, 0.5) is 5.69 Å². The molecule has 1 heterocycles. The highest BCUT2D eigenvalue weighted by Crippen LogP contribution is 2.27. The molecule has 0 bridgehead atoms. The number of hydrogen-bond acceptors (Lipinski definition) is 4. The molecule has 2 aromatic rings. The van der Waals surface area contributed by atoms with E-state index in [1.807, 2.05) is 26.0 Å². The maximum Gasteiger partial charge on any atom is 0.264 e. The third-order valence-corrected chi connectivity index (χ3v) is 6.58. The molecule has 2 aromatic carbocycles. The van der Waals surface area contributed by atoms with Crippen LogP contribution in [0.25, 0.3) is 0 Å². The number of nitrogens with zero attached hydrogens (tertiary/aromatic N) is 1. The van der Waals surface area contributed by atoms with E-state index in [1.54, 1.807) is 24.3 Å². The normalized spacial score (nSPS) is 16.7. The molecule has 1 saturated heterocycles. The first-order chi connectivity index (χ1) is 13.4. The smallest absolute Gasteiger partial charge is 0.264 e. The van der Waals surface area contributed by atoms with Gasteiger partial charge in [0.05, 0.1) is 16.7 Å². The number of anilines is 1. The Kier molecular flexibility index (Phi) is 6.36. The summed E-state index contributed by atoms with van der Waals surface area (Å²) in [4.78, 5) is 12.7. The first-order valence-corrected chi connectivity index (χ1v) is 10.9. The van der Waals surface area contributed by atoms with Crippen molar-refractivity contribution < 1.29 is 17.9 Å². The number of nitrogens with one attached hydrogen (secondary N) is 1. The Bertz CT molecular complexity index is 923. The molecular formula is C21H26N2O4S. The lowest BCUT2D eigenvalue weighted by molar-refractivity contribution is -0.120. The monoisotopic (exact) mass is 402 g/mol. The number of carbonyl (C=O) groups excluding carboxylic acids is 1. The molecule has 1 fully saturated rings. The third-order valence-electron chi connectivity index (χ3n) is 4.80. The van der Waals surface area contributed by atoms with Crippen LogP contribution in [0, 0.1) is 13.8 Å². The van der Waals surface area contributed by atoms with Crippen molar-refractivity contribution in [3.8, 4) is 0 Å². The Morgan fingerprint density at radius 1 is 1.18 bits per heavy atom. The molecule has 0 aliphatic carbocycles. The summed E-state index contributed by atoms with van der Waals surface area (Å²) < 4.78 is 33.3. The van der Waals surface area contributed by atoms with E-state index >= 15 is 0 Å². The summed E-state index contributed by atoms with van der Waals surface area (Å²) in [5, 5.41) is 2.81. The summed E-state index contributed by atoms with van der Waals surface area (Å²) in [6.45, 7) is 4.55. The zero-order valence-electron chi connectivity index (χ0n) is 16.2. The molecule has 1 amide bonds. The maximum atomic E-state index is 13.3. The Morgan fingerprint density at radius 3 is 2.61 bits per heavy atom. The van der Waals surface area contributed by atoms with Crippen molar-refractivity contribution in [1.82, 2.24) is 5.32 Å². The maximum absolute atomic E-state index is 13.3. The second-order valence-corrected chi connectivity index (χ2v) is 8.92. The first kappa shape index (κ1) is 20.4. The Hall–Kier alpha value is -2.38. The van der Waals surface area contributed by atoms with E-state index in [1.165, 1.54) is 16.4 Å². The van der Waals surface area contributed by atoms with Crippen LogP contribution < -0.4 is 9.62 Å². The van der Waals surface area contributed by atoms with Crippen LogP contribution in [-0.4, -0.2) is 40.1 Å². The fourth-order valence-corrected chi connectivity index (χ4v) is 4.73. The van der Waals surface area contributed by atoms with Gasteiger partial charge in [-0.1, -0.05) is 30.3 Å². The number of aryl methyl sites for hydroxylation is 2. The zero-order valence-corrected chi connectivity index (χ0v) is 17.0. The van der Waals surface area contributed by atoms with Crippen molar-refractivity contribution in [3.63, 3.8) is 0 Å². The van der Waals surface area contributed by atoms with Gasteiger partial charge in [0.25, 0.3) is 10.0 Å². The van der Waals surface area contributed by atoms with E-state index in [0.717, 1.165) is 24.0 Å². The largest absolute Gasteiger partial charge is 0.376 e. The summed E-state index contributed by atoms with van der Waals surface area (Å²) in [5.74, 6) is -0.351. The Balaban J connectivity index is 1.88. The average Bonchev–Trinajstić information content (AvgIpc) is 3.21. The fraction of sp³-hybridized carbons (Fsp3) is 0.381. The first-order valence-electron chi connectivity index (χ1n) is 9.41. The van der Waals surface area contributed by atoms with Gasteiger partial charge in [-0.2, -0.15) is 0 Å². The average molecular weight is 403 g/mol. The zero-order chi connectivity index (χ0) is 20.1. The molecule has 1 aliphatic heterocycles. The molecule has 0 spiro atoms. The SMILES string of the molecule is Cc1ccc(C)c(N(CC(=O)NCC2CCCO2)S(=O)(=O)c2ccccc2)c1. The summed E-state index contributed by atoms with van der Waals surface area (Å²) in [6, 6.07) is 13.8. The minimum Gasteiger partial charge on any atom is -0.376 e. The van der Waals surface area contributed by atoms with Crippen molar-refractivity contribution in [1.29, 1.82) is 0 Å². The van der Waals surface area contributed by atoms with Gasteiger partial charge in [-0.3, -0.25) is 9.10 Å². The van der Waals surface area contributed by atoms with Gasteiger partial charge in [-0.25, -0.2) is 8.42 Å². The minimum absolute atomic E-state index is 0.00355. The summed E-state index contributed by atoms with van der Waals surface area (Å²) in [7, 11) is -3.88. The van der Waals surface area contributed by atoms with Crippen molar-refractivity contribution in [2.45, 2.75) is 37.7 Å². The number of ether oxygens (including phenoxy) is 1. The highest BCUT2D eigenvalue weighted by molar-refractivity contribution is 7.92. The molecule has 7 heteroatoms. The summed E-state index contributed by atoms with van der Waals surface area (Å²) in [6.07, 6.45) is 1.89. The Labute approximate surface area is 166 Å². The van der Waals surface area contributed by atoms with Crippen LogP contribution in [0.3, 0.4) is 0 Å².